The first-order chi connectivity index (χ1) is 13.2. The van der Waals surface area contributed by atoms with E-state index >= 15 is 0 Å². The Morgan fingerprint density at radius 3 is 2.48 bits per heavy atom. The van der Waals surface area contributed by atoms with Crippen molar-refractivity contribution < 1.29 is 9.47 Å². The van der Waals surface area contributed by atoms with E-state index in [0.717, 1.165) is 45.0 Å². The average Bonchev–Trinajstić information content (AvgIpc) is 2.72. The van der Waals surface area contributed by atoms with E-state index in [-0.39, 0.29) is 6.04 Å². The van der Waals surface area contributed by atoms with Gasteiger partial charge in [0, 0.05) is 19.8 Å². The summed E-state index contributed by atoms with van der Waals surface area (Å²) in [6.07, 6.45) is 2.10. The van der Waals surface area contributed by atoms with Gasteiger partial charge >= 0.3 is 0 Å². The maximum Gasteiger partial charge on any atom is 0.119 e. The van der Waals surface area contributed by atoms with Gasteiger partial charge in [0.15, 0.2) is 0 Å². The predicted molar refractivity (Wildman–Crippen MR) is 112 cm³/mol. The van der Waals surface area contributed by atoms with Crippen LogP contribution in [0.4, 0.5) is 0 Å². The molecule has 0 aliphatic carbocycles. The number of hydrogen-bond acceptors (Lipinski definition) is 4. The molecule has 0 saturated heterocycles. The van der Waals surface area contributed by atoms with Crippen molar-refractivity contribution in [3.63, 3.8) is 0 Å². The van der Waals surface area contributed by atoms with Crippen molar-refractivity contribution in [1.29, 1.82) is 0 Å². The highest BCUT2D eigenvalue weighted by molar-refractivity contribution is 5.36. The number of benzene rings is 2. The Morgan fingerprint density at radius 1 is 0.963 bits per heavy atom. The standard InChI is InChI=1S/C23H34N2O2/c1-4-19(3)18-27-22-14-9-13-21(17-22)23(20-11-7-6-8-12-20)25-24-15-10-16-26-5-2/h6-9,11-14,17,19,23-25H,4-5,10,15-16,18H2,1-3H3/t19-,23?/m0/s1. The number of hydrazine groups is 1. The summed E-state index contributed by atoms with van der Waals surface area (Å²) >= 11 is 0. The van der Waals surface area contributed by atoms with Crippen LogP contribution < -0.4 is 15.6 Å². The van der Waals surface area contributed by atoms with Crippen molar-refractivity contribution in [1.82, 2.24) is 10.9 Å². The van der Waals surface area contributed by atoms with Crippen molar-refractivity contribution >= 4 is 0 Å². The van der Waals surface area contributed by atoms with E-state index in [9.17, 15) is 0 Å². The number of nitrogens with one attached hydrogen (secondary N) is 2. The Balaban J connectivity index is 2.04. The summed E-state index contributed by atoms with van der Waals surface area (Å²) in [6, 6.07) is 18.9. The lowest BCUT2D eigenvalue weighted by atomic mass is 9.99. The van der Waals surface area contributed by atoms with Crippen LogP contribution in [0.5, 0.6) is 5.75 Å². The van der Waals surface area contributed by atoms with Crippen LogP contribution in [-0.2, 0) is 4.74 Å². The summed E-state index contributed by atoms with van der Waals surface area (Å²) in [6.45, 7) is 9.57. The van der Waals surface area contributed by atoms with E-state index in [4.69, 9.17) is 9.47 Å². The van der Waals surface area contributed by atoms with E-state index in [2.05, 4.69) is 67.2 Å². The van der Waals surface area contributed by atoms with Crippen LogP contribution in [0.15, 0.2) is 54.6 Å². The smallest absolute Gasteiger partial charge is 0.119 e. The highest BCUT2D eigenvalue weighted by Gasteiger charge is 2.14. The van der Waals surface area contributed by atoms with E-state index in [1.807, 2.05) is 19.1 Å². The monoisotopic (exact) mass is 370 g/mol. The van der Waals surface area contributed by atoms with Gasteiger partial charge in [-0.25, -0.2) is 5.43 Å². The maximum atomic E-state index is 5.99. The van der Waals surface area contributed by atoms with Crippen LogP contribution in [-0.4, -0.2) is 26.4 Å². The molecule has 2 aromatic rings. The van der Waals surface area contributed by atoms with Crippen molar-refractivity contribution in [3.8, 4) is 5.75 Å². The summed E-state index contributed by atoms with van der Waals surface area (Å²) in [5.41, 5.74) is 9.22. The lowest BCUT2D eigenvalue weighted by Crippen LogP contribution is -2.37. The van der Waals surface area contributed by atoms with Crippen LogP contribution in [0.1, 0.15) is 50.8 Å². The molecule has 1 unspecified atom stereocenters. The van der Waals surface area contributed by atoms with Crippen LogP contribution in [0, 0.1) is 5.92 Å². The van der Waals surface area contributed by atoms with Crippen molar-refractivity contribution in [2.24, 2.45) is 5.92 Å². The summed E-state index contributed by atoms with van der Waals surface area (Å²) in [5, 5.41) is 0. The molecule has 2 aromatic carbocycles. The molecule has 27 heavy (non-hydrogen) atoms. The molecule has 2 N–H and O–H groups in total. The molecule has 0 heterocycles. The summed E-state index contributed by atoms with van der Waals surface area (Å²) < 4.78 is 11.4. The van der Waals surface area contributed by atoms with Crippen molar-refractivity contribution in [2.45, 2.75) is 39.7 Å². The fourth-order valence-corrected chi connectivity index (χ4v) is 2.73. The van der Waals surface area contributed by atoms with Crippen LogP contribution in [0.3, 0.4) is 0 Å². The van der Waals surface area contributed by atoms with Gasteiger partial charge in [-0.05, 0) is 42.5 Å². The minimum absolute atomic E-state index is 0.0606. The molecule has 0 fully saturated rings. The van der Waals surface area contributed by atoms with Gasteiger partial charge in [0.1, 0.15) is 5.75 Å². The average molecular weight is 371 g/mol. The van der Waals surface area contributed by atoms with Crippen LogP contribution in [0.2, 0.25) is 0 Å². The molecule has 0 saturated carbocycles. The second-order valence-electron chi connectivity index (χ2n) is 6.86. The SMILES string of the molecule is CCOCCCNNC(c1ccccc1)c1cccc(OC[C@@H](C)CC)c1. The fourth-order valence-electron chi connectivity index (χ4n) is 2.73. The number of hydrogen-bond donors (Lipinski definition) is 2. The molecule has 0 bridgehead atoms. The fraction of sp³-hybridized carbons (Fsp3) is 0.478. The molecule has 0 radical (unpaired) electrons. The third-order valence-corrected chi connectivity index (χ3v) is 4.60. The summed E-state index contributed by atoms with van der Waals surface area (Å²) in [5.74, 6) is 1.48. The van der Waals surface area contributed by atoms with Gasteiger partial charge in [-0.15, -0.1) is 0 Å². The zero-order chi connectivity index (χ0) is 19.3. The zero-order valence-corrected chi connectivity index (χ0v) is 16.9. The molecular formula is C23H34N2O2. The number of rotatable bonds is 13. The summed E-state index contributed by atoms with van der Waals surface area (Å²) in [4.78, 5) is 0. The van der Waals surface area contributed by atoms with E-state index in [1.165, 1.54) is 11.1 Å². The van der Waals surface area contributed by atoms with Gasteiger partial charge < -0.3 is 9.47 Å². The first-order valence-corrected chi connectivity index (χ1v) is 10.1. The lowest BCUT2D eigenvalue weighted by molar-refractivity contribution is 0.143. The molecular weight excluding hydrogens is 336 g/mol. The molecule has 0 aliphatic rings. The van der Waals surface area contributed by atoms with Gasteiger partial charge in [0.25, 0.3) is 0 Å². The highest BCUT2D eigenvalue weighted by atomic mass is 16.5. The zero-order valence-electron chi connectivity index (χ0n) is 16.9. The quantitative estimate of drug-likeness (QED) is 0.395. The number of ether oxygens (including phenoxy) is 2. The Morgan fingerprint density at radius 2 is 1.74 bits per heavy atom. The Labute approximate surface area is 164 Å². The Bertz CT molecular complexity index is 633. The van der Waals surface area contributed by atoms with Gasteiger partial charge in [-0.3, -0.25) is 5.43 Å². The molecule has 0 aliphatic heterocycles. The molecule has 0 aromatic heterocycles. The third kappa shape index (κ3) is 7.71. The molecule has 0 spiro atoms. The first-order valence-electron chi connectivity index (χ1n) is 10.1. The second kappa shape index (κ2) is 12.5. The Hall–Kier alpha value is -1.88. The van der Waals surface area contributed by atoms with Crippen LogP contribution >= 0.6 is 0 Å². The van der Waals surface area contributed by atoms with E-state index < -0.39 is 0 Å². The van der Waals surface area contributed by atoms with E-state index in [0.29, 0.717) is 5.92 Å². The van der Waals surface area contributed by atoms with Gasteiger partial charge in [-0.1, -0.05) is 62.7 Å². The normalized spacial score (nSPS) is 13.3. The third-order valence-electron chi connectivity index (χ3n) is 4.60. The molecule has 0 amide bonds. The van der Waals surface area contributed by atoms with Crippen LogP contribution in [0.25, 0.3) is 0 Å². The molecule has 2 atom stereocenters. The molecule has 4 nitrogen and oxygen atoms in total. The maximum absolute atomic E-state index is 5.99. The Kier molecular flexibility index (Phi) is 9.91. The van der Waals surface area contributed by atoms with Gasteiger partial charge in [-0.2, -0.15) is 0 Å². The topological polar surface area (TPSA) is 42.5 Å². The minimum Gasteiger partial charge on any atom is -0.493 e. The largest absolute Gasteiger partial charge is 0.493 e. The lowest BCUT2D eigenvalue weighted by Gasteiger charge is -2.21. The molecule has 148 valence electrons. The first kappa shape index (κ1) is 21.4. The molecule has 2 rings (SSSR count). The summed E-state index contributed by atoms with van der Waals surface area (Å²) in [7, 11) is 0. The van der Waals surface area contributed by atoms with Crippen molar-refractivity contribution in [2.75, 3.05) is 26.4 Å². The second-order valence-corrected chi connectivity index (χ2v) is 6.86. The van der Waals surface area contributed by atoms with Crippen molar-refractivity contribution in [3.05, 3.63) is 65.7 Å². The van der Waals surface area contributed by atoms with E-state index in [1.54, 1.807) is 0 Å². The highest BCUT2D eigenvalue weighted by Crippen LogP contribution is 2.25. The predicted octanol–water partition coefficient (Wildman–Crippen LogP) is 4.72. The van der Waals surface area contributed by atoms with Gasteiger partial charge in [0.05, 0.1) is 12.6 Å². The minimum atomic E-state index is 0.0606. The van der Waals surface area contributed by atoms with Gasteiger partial charge in [0.2, 0.25) is 0 Å². The molecule has 4 heteroatoms.